The topological polar surface area (TPSA) is 97.5 Å². The van der Waals surface area contributed by atoms with Gasteiger partial charge in [-0.3, -0.25) is 14.5 Å². The number of fused-ring (bicyclic) bond motifs is 1. The van der Waals surface area contributed by atoms with Gasteiger partial charge in [-0.2, -0.15) is 0 Å². The normalized spacial score (nSPS) is 16.2. The monoisotopic (exact) mass is 462 g/mol. The van der Waals surface area contributed by atoms with E-state index in [1.54, 1.807) is 37.3 Å². The first-order valence-corrected chi connectivity index (χ1v) is 11.8. The highest BCUT2D eigenvalue weighted by molar-refractivity contribution is 8.18. The SMILES string of the molecule is CCS(=O)(=O)c1ccc2oc(CN3C(=O)SC(=Cc4ccccc4Cl)C3=O)nc2c1. The summed E-state index contributed by atoms with van der Waals surface area (Å²) in [6.45, 7) is 1.40. The van der Waals surface area contributed by atoms with E-state index >= 15 is 0 Å². The number of imide groups is 1. The average molecular weight is 463 g/mol. The standard InChI is InChI=1S/C20H15ClN2O5S2/c1-2-30(26,27)13-7-8-16-15(10-13)22-18(28-16)11-23-19(24)17(29-20(23)25)9-12-5-3-4-6-14(12)21/h3-10H,2,11H2,1H3. The first kappa shape index (κ1) is 20.6. The maximum Gasteiger partial charge on any atom is 0.294 e. The van der Waals surface area contributed by atoms with Crippen molar-refractivity contribution in [3.8, 4) is 0 Å². The van der Waals surface area contributed by atoms with E-state index in [-0.39, 0.29) is 28.0 Å². The van der Waals surface area contributed by atoms with E-state index in [2.05, 4.69) is 4.98 Å². The van der Waals surface area contributed by atoms with Crippen LogP contribution in [0.25, 0.3) is 17.2 Å². The molecule has 0 aliphatic carbocycles. The lowest BCUT2D eigenvalue weighted by atomic mass is 10.2. The lowest BCUT2D eigenvalue weighted by Crippen LogP contribution is -2.27. The molecule has 0 radical (unpaired) electrons. The molecule has 3 aromatic rings. The largest absolute Gasteiger partial charge is 0.439 e. The fraction of sp³-hybridized carbons (Fsp3) is 0.150. The number of oxazole rings is 1. The molecular formula is C20H15ClN2O5S2. The van der Waals surface area contributed by atoms with Crippen LogP contribution in [-0.4, -0.2) is 35.2 Å². The Morgan fingerprint density at radius 2 is 1.97 bits per heavy atom. The van der Waals surface area contributed by atoms with Crippen molar-refractivity contribution in [1.29, 1.82) is 0 Å². The number of halogens is 1. The van der Waals surface area contributed by atoms with Crippen LogP contribution in [0.1, 0.15) is 18.4 Å². The molecule has 30 heavy (non-hydrogen) atoms. The quantitative estimate of drug-likeness (QED) is 0.514. The third-order valence-electron chi connectivity index (χ3n) is 4.50. The third kappa shape index (κ3) is 3.88. The molecule has 154 valence electrons. The lowest BCUT2D eigenvalue weighted by Gasteiger charge is -2.08. The summed E-state index contributed by atoms with van der Waals surface area (Å²) in [5.74, 6) is -0.364. The second-order valence-corrected chi connectivity index (χ2v) is 10.1. The van der Waals surface area contributed by atoms with Gasteiger partial charge in [0.15, 0.2) is 15.4 Å². The molecule has 2 aromatic carbocycles. The van der Waals surface area contributed by atoms with Crippen molar-refractivity contribution < 1.29 is 22.4 Å². The van der Waals surface area contributed by atoms with Crippen LogP contribution in [-0.2, 0) is 21.2 Å². The molecule has 7 nitrogen and oxygen atoms in total. The molecule has 10 heteroatoms. The molecule has 0 atom stereocenters. The molecule has 4 rings (SSSR count). The van der Waals surface area contributed by atoms with Crippen LogP contribution in [0.2, 0.25) is 5.02 Å². The van der Waals surface area contributed by atoms with Crippen LogP contribution in [0.15, 0.2) is 56.7 Å². The summed E-state index contributed by atoms with van der Waals surface area (Å²) >= 11 is 6.93. The summed E-state index contributed by atoms with van der Waals surface area (Å²) in [5.41, 5.74) is 1.35. The summed E-state index contributed by atoms with van der Waals surface area (Å²) in [7, 11) is -3.38. The Labute approximate surface area is 181 Å². The minimum atomic E-state index is -3.38. The number of hydrogen-bond donors (Lipinski definition) is 0. The maximum atomic E-state index is 12.7. The Morgan fingerprint density at radius 1 is 1.20 bits per heavy atom. The van der Waals surface area contributed by atoms with Gasteiger partial charge in [0.05, 0.1) is 15.6 Å². The zero-order valence-electron chi connectivity index (χ0n) is 15.7. The molecule has 0 saturated carbocycles. The van der Waals surface area contributed by atoms with E-state index in [0.29, 0.717) is 21.7 Å². The summed E-state index contributed by atoms with van der Waals surface area (Å²) in [4.78, 5) is 30.7. The number of amides is 2. The highest BCUT2D eigenvalue weighted by Gasteiger charge is 2.36. The Morgan fingerprint density at radius 3 is 2.70 bits per heavy atom. The lowest BCUT2D eigenvalue weighted by molar-refractivity contribution is -0.123. The van der Waals surface area contributed by atoms with Gasteiger partial charge in [-0.25, -0.2) is 13.4 Å². The van der Waals surface area contributed by atoms with Crippen LogP contribution in [0.5, 0.6) is 0 Å². The third-order valence-corrected chi connectivity index (χ3v) is 7.49. The highest BCUT2D eigenvalue weighted by atomic mass is 35.5. The van der Waals surface area contributed by atoms with Crippen LogP contribution >= 0.6 is 23.4 Å². The predicted octanol–water partition coefficient (Wildman–Crippen LogP) is 4.51. The fourth-order valence-electron chi connectivity index (χ4n) is 2.89. The first-order valence-electron chi connectivity index (χ1n) is 8.90. The van der Waals surface area contributed by atoms with Crippen molar-refractivity contribution >= 4 is 61.5 Å². The molecule has 0 unspecified atom stereocenters. The Kier molecular flexibility index (Phi) is 5.44. The Balaban J connectivity index is 1.60. The zero-order chi connectivity index (χ0) is 21.5. The maximum absolute atomic E-state index is 12.7. The van der Waals surface area contributed by atoms with Crippen molar-refractivity contribution in [2.45, 2.75) is 18.4 Å². The average Bonchev–Trinajstić information content (AvgIpc) is 3.24. The molecule has 1 aliphatic rings. The number of sulfone groups is 1. The molecule has 0 spiro atoms. The number of nitrogens with zero attached hydrogens (tertiary/aromatic N) is 2. The van der Waals surface area contributed by atoms with Gasteiger partial charge in [0.1, 0.15) is 12.1 Å². The van der Waals surface area contributed by atoms with Gasteiger partial charge in [0.25, 0.3) is 11.1 Å². The second-order valence-electron chi connectivity index (χ2n) is 6.43. The van der Waals surface area contributed by atoms with Crippen molar-refractivity contribution in [2.24, 2.45) is 0 Å². The van der Waals surface area contributed by atoms with Crippen molar-refractivity contribution in [3.05, 3.63) is 63.8 Å². The van der Waals surface area contributed by atoms with Crippen LogP contribution in [0, 0.1) is 0 Å². The van der Waals surface area contributed by atoms with E-state index in [9.17, 15) is 18.0 Å². The molecular weight excluding hydrogens is 448 g/mol. The zero-order valence-corrected chi connectivity index (χ0v) is 18.1. The molecule has 1 aliphatic heterocycles. The first-order chi connectivity index (χ1) is 14.3. The van der Waals surface area contributed by atoms with Gasteiger partial charge in [-0.1, -0.05) is 36.7 Å². The molecule has 1 fully saturated rings. The molecule has 1 saturated heterocycles. The summed E-state index contributed by atoms with van der Waals surface area (Å²) < 4.78 is 29.7. The van der Waals surface area contributed by atoms with E-state index in [1.807, 2.05) is 0 Å². The number of carbonyl (C=O) groups excluding carboxylic acids is 2. The number of aromatic nitrogens is 1. The van der Waals surface area contributed by atoms with Crippen LogP contribution in [0.3, 0.4) is 0 Å². The van der Waals surface area contributed by atoms with Gasteiger partial charge >= 0.3 is 0 Å². The van der Waals surface area contributed by atoms with Gasteiger partial charge in [0.2, 0.25) is 5.89 Å². The van der Waals surface area contributed by atoms with Crippen molar-refractivity contribution in [1.82, 2.24) is 9.88 Å². The molecule has 2 amide bonds. The minimum absolute atomic E-state index is 0.0300. The fourth-order valence-corrected chi connectivity index (χ4v) is 4.81. The Bertz CT molecular complexity index is 1310. The number of rotatable bonds is 5. The highest BCUT2D eigenvalue weighted by Crippen LogP contribution is 2.34. The van der Waals surface area contributed by atoms with E-state index in [0.717, 1.165) is 16.7 Å². The molecule has 0 bridgehead atoms. The van der Waals surface area contributed by atoms with Crippen LogP contribution < -0.4 is 0 Å². The summed E-state index contributed by atoms with van der Waals surface area (Å²) in [6.07, 6.45) is 1.57. The van der Waals surface area contributed by atoms with Crippen molar-refractivity contribution in [3.63, 3.8) is 0 Å². The van der Waals surface area contributed by atoms with Gasteiger partial charge in [0, 0.05) is 5.02 Å². The van der Waals surface area contributed by atoms with E-state index in [1.165, 1.54) is 18.2 Å². The van der Waals surface area contributed by atoms with E-state index < -0.39 is 21.0 Å². The molecule has 0 N–H and O–H groups in total. The summed E-state index contributed by atoms with van der Waals surface area (Å²) in [5, 5.41) is 0.0240. The Hall–Kier alpha value is -2.62. The van der Waals surface area contributed by atoms with Crippen LogP contribution in [0.4, 0.5) is 4.79 Å². The smallest absolute Gasteiger partial charge is 0.294 e. The number of hydrogen-bond acceptors (Lipinski definition) is 7. The molecule has 2 heterocycles. The van der Waals surface area contributed by atoms with Gasteiger partial charge < -0.3 is 4.42 Å². The summed E-state index contributed by atoms with van der Waals surface area (Å²) in [6, 6.07) is 11.4. The van der Waals surface area contributed by atoms with Crippen molar-refractivity contribution in [2.75, 3.05) is 5.75 Å². The minimum Gasteiger partial charge on any atom is -0.439 e. The van der Waals surface area contributed by atoms with Gasteiger partial charge in [-0.05, 0) is 47.7 Å². The number of benzene rings is 2. The number of thioether (sulfide) groups is 1. The van der Waals surface area contributed by atoms with E-state index in [4.69, 9.17) is 16.0 Å². The number of carbonyl (C=O) groups is 2. The van der Waals surface area contributed by atoms with Gasteiger partial charge in [-0.15, -0.1) is 0 Å². The molecule has 1 aromatic heterocycles. The predicted molar refractivity (Wildman–Crippen MR) is 115 cm³/mol. The second kappa shape index (κ2) is 7.90.